The van der Waals surface area contributed by atoms with E-state index in [-0.39, 0.29) is 5.69 Å². The number of nitrogens with one attached hydrogen (secondary N) is 2. The highest BCUT2D eigenvalue weighted by atomic mass is 19.1. The van der Waals surface area contributed by atoms with Crippen molar-refractivity contribution in [3.63, 3.8) is 0 Å². The van der Waals surface area contributed by atoms with E-state index in [1.54, 1.807) is 19.1 Å². The number of aromatic amines is 1. The van der Waals surface area contributed by atoms with Gasteiger partial charge in [0.15, 0.2) is 0 Å². The van der Waals surface area contributed by atoms with Crippen molar-refractivity contribution in [3.8, 4) is 0 Å². The van der Waals surface area contributed by atoms with Crippen LogP contribution in [-0.2, 0) is 0 Å². The van der Waals surface area contributed by atoms with Crippen LogP contribution in [0.1, 0.15) is 16.1 Å². The first-order valence-electron chi connectivity index (χ1n) is 5.18. The molecule has 2 N–H and O–H groups in total. The molecule has 5 nitrogen and oxygen atoms in total. The van der Waals surface area contributed by atoms with E-state index in [2.05, 4.69) is 15.3 Å². The summed E-state index contributed by atoms with van der Waals surface area (Å²) in [6.45, 7) is 1.62. The number of H-pyrrole nitrogens is 1. The maximum Gasteiger partial charge on any atom is 0.274 e. The van der Waals surface area contributed by atoms with Crippen LogP contribution in [0, 0.1) is 12.7 Å². The molecule has 0 radical (unpaired) electrons. The maximum atomic E-state index is 13.3. The van der Waals surface area contributed by atoms with Gasteiger partial charge in [-0.1, -0.05) is 6.07 Å². The van der Waals surface area contributed by atoms with E-state index in [9.17, 15) is 14.0 Å². The predicted molar refractivity (Wildman–Crippen MR) is 63.9 cm³/mol. The third-order valence-electron chi connectivity index (χ3n) is 2.34. The van der Waals surface area contributed by atoms with Gasteiger partial charge in [0.1, 0.15) is 11.5 Å². The Balaban J connectivity index is 2.21. The summed E-state index contributed by atoms with van der Waals surface area (Å²) in [6.07, 6.45) is 1.13. The molecule has 18 heavy (non-hydrogen) atoms. The molecule has 0 atom stereocenters. The average molecular weight is 247 g/mol. The molecule has 0 saturated carbocycles. The largest absolute Gasteiger partial charge is 0.321 e. The maximum absolute atomic E-state index is 13.3. The second-order valence-corrected chi connectivity index (χ2v) is 3.71. The van der Waals surface area contributed by atoms with E-state index in [1.165, 1.54) is 6.07 Å². The van der Waals surface area contributed by atoms with Gasteiger partial charge in [0.25, 0.3) is 11.5 Å². The lowest BCUT2D eigenvalue weighted by Gasteiger charge is -2.05. The number of nitrogens with zero attached hydrogens (tertiary/aromatic N) is 1. The van der Waals surface area contributed by atoms with Gasteiger partial charge in [-0.2, -0.15) is 0 Å². The third-order valence-corrected chi connectivity index (χ3v) is 2.34. The van der Waals surface area contributed by atoms with E-state index >= 15 is 0 Å². The summed E-state index contributed by atoms with van der Waals surface area (Å²) in [5.41, 5.74) is 0.345. The molecule has 6 heteroatoms. The standard InChI is InChI=1S/C12H10FN3O2/c1-7-2-3-8(4-9(7)13)16-12(18)10-5-11(17)15-6-14-10/h2-6H,1H3,(H,16,18)(H,14,15,17). The zero-order valence-corrected chi connectivity index (χ0v) is 9.53. The fraction of sp³-hybridized carbons (Fsp3) is 0.0833. The van der Waals surface area contributed by atoms with Gasteiger partial charge in [-0.05, 0) is 24.6 Å². The molecule has 1 aromatic heterocycles. The first-order valence-corrected chi connectivity index (χ1v) is 5.18. The highest BCUT2D eigenvalue weighted by Gasteiger charge is 2.09. The Labute approximate surface area is 102 Å². The number of hydrogen-bond acceptors (Lipinski definition) is 3. The van der Waals surface area contributed by atoms with Gasteiger partial charge < -0.3 is 10.3 Å². The van der Waals surface area contributed by atoms with Crippen LogP contribution >= 0.6 is 0 Å². The van der Waals surface area contributed by atoms with Gasteiger partial charge in [-0.25, -0.2) is 9.37 Å². The summed E-state index contributed by atoms with van der Waals surface area (Å²) in [6, 6.07) is 5.40. The van der Waals surface area contributed by atoms with Crippen molar-refractivity contribution < 1.29 is 9.18 Å². The topological polar surface area (TPSA) is 74.8 Å². The Kier molecular flexibility index (Phi) is 3.18. The van der Waals surface area contributed by atoms with Crippen LogP contribution in [-0.4, -0.2) is 15.9 Å². The molecule has 0 unspecified atom stereocenters. The average Bonchev–Trinajstić information content (AvgIpc) is 2.34. The van der Waals surface area contributed by atoms with Gasteiger partial charge >= 0.3 is 0 Å². The molecule has 1 amide bonds. The molecule has 92 valence electrons. The first kappa shape index (κ1) is 12.0. The van der Waals surface area contributed by atoms with Gasteiger partial charge in [0.05, 0.1) is 6.33 Å². The molecule has 0 aliphatic rings. The number of carbonyl (C=O) groups is 1. The SMILES string of the molecule is Cc1ccc(NC(=O)c2cc(=O)[nH]cn2)cc1F. The number of halogens is 1. The van der Waals surface area contributed by atoms with Crippen molar-refractivity contribution in [1.82, 2.24) is 9.97 Å². The lowest BCUT2D eigenvalue weighted by atomic mass is 10.2. The fourth-order valence-electron chi connectivity index (χ4n) is 1.36. The summed E-state index contributed by atoms with van der Waals surface area (Å²) in [5.74, 6) is -0.976. The minimum Gasteiger partial charge on any atom is -0.321 e. The van der Waals surface area contributed by atoms with Gasteiger partial charge in [0.2, 0.25) is 0 Å². The van der Waals surface area contributed by atoms with E-state index < -0.39 is 17.3 Å². The van der Waals surface area contributed by atoms with Gasteiger partial charge in [-0.15, -0.1) is 0 Å². The molecule has 2 rings (SSSR count). The summed E-state index contributed by atoms with van der Waals surface area (Å²) >= 11 is 0. The van der Waals surface area contributed by atoms with Crippen LogP contribution < -0.4 is 10.9 Å². The Bertz CT molecular complexity index is 652. The molecular weight excluding hydrogens is 237 g/mol. The Morgan fingerprint density at radius 1 is 1.39 bits per heavy atom. The smallest absolute Gasteiger partial charge is 0.274 e. The number of hydrogen-bond donors (Lipinski definition) is 2. The van der Waals surface area contributed by atoms with Crippen molar-refractivity contribution in [1.29, 1.82) is 0 Å². The van der Waals surface area contributed by atoms with Crippen molar-refractivity contribution in [2.24, 2.45) is 0 Å². The molecule has 0 aliphatic heterocycles. The zero-order chi connectivity index (χ0) is 13.1. The van der Waals surface area contributed by atoms with Crippen LogP contribution in [0.4, 0.5) is 10.1 Å². The number of benzene rings is 1. The molecule has 2 aromatic rings. The van der Waals surface area contributed by atoms with Gasteiger partial charge in [-0.3, -0.25) is 9.59 Å². The minimum atomic E-state index is -0.565. The van der Waals surface area contributed by atoms with E-state index in [0.717, 1.165) is 12.4 Å². The Hall–Kier alpha value is -2.50. The van der Waals surface area contributed by atoms with E-state index in [4.69, 9.17) is 0 Å². The minimum absolute atomic E-state index is 0.0280. The summed E-state index contributed by atoms with van der Waals surface area (Å²) in [7, 11) is 0. The van der Waals surface area contributed by atoms with Crippen molar-refractivity contribution >= 4 is 11.6 Å². The number of amides is 1. The second-order valence-electron chi connectivity index (χ2n) is 3.71. The summed E-state index contributed by atoms with van der Waals surface area (Å²) < 4.78 is 13.3. The van der Waals surface area contributed by atoms with Crippen LogP contribution in [0.3, 0.4) is 0 Å². The van der Waals surface area contributed by atoms with Crippen molar-refractivity contribution in [3.05, 3.63) is 58.0 Å². The fourth-order valence-corrected chi connectivity index (χ4v) is 1.36. The molecule has 0 spiro atoms. The van der Waals surface area contributed by atoms with Crippen LogP contribution in [0.5, 0.6) is 0 Å². The molecule has 0 aliphatic carbocycles. The monoisotopic (exact) mass is 247 g/mol. The van der Waals surface area contributed by atoms with Crippen LogP contribution in [0.15, 0.2) is 35.4 Å². The van der Waals surface area contributed by atoms with E-state index in [0.29, 0.717) is 11.3 Å². The molecule has 0 bridgehead atoms. The number of aryl methyl sites for hydroxylation is 1. The molecule has 0 fully saturated rings. The molecular formula is C12H10FN3O2. The first-order chi connectivity index (χ1) is 8.56. The quantitative estimate of drug-likeness (QED) is 0.843. The lowest BCUT2D eigenvalue weighted by molar-refractivity contribution is 0.102. The van der Waals surface area contributed by atoms with Crippen LogP contribution in [0.25, 0.3) is 0 Å². The Morgan fingerprint density at radius 2 is 2.17 bits per heavy atom. The molecule has 1 aromatic carbocycles. The molecule has 1 heterocycles. The zero-order valence-electron chi connectivity index (χ0n) is 9.53. The Morgan fingerprint density at radius 3 is 2.83 bits per heavy atom. The predicted octanol–water partition coefficient (Wildman–Crippen LogP) is 1.47. The lowest BCUT2D eigenvalue weighted by Crippen LogP contribution is -2.17. The number of rotatable bonds is 2. The highest BCUT2D eigenvalue weighted by Crippen LogP contribution is 2.13. The van der Waals surface area contributed by atoms with Crippen molar-refractivity contribution in [2.45, 2.75) is 6.92 Å². The van der Waals surface area contributed by atoms with Gasteiger partial charge in [0, 0.05) is 11.8 Å². The third kappa shape index (κ3) is 2.60. The normalized spacial score (nSPS) is 10.1. The van der Waals surface area contributed by atoms with Crippen molar-refractivity contribution in [2.75, 3.05) is 5.32 Å². The van der Waals surface area contributed by atoms with Crippen LogP contribution in [0.2, 0.25) is 0 Å². The highest BCUT2D eigenvalue weighted by molar-refractivity contribution is 6.02. The number of carbonyl (C=O) groups excluding carboxylic acids is 1. The summed E-state index contributed by atoms with van der Waals surface area (Å²) in [4.78, 5) is 28.7. The van der Waals surface area contributed by atoms with E-state index in [1.807, 2.05) is 0 Å². The second kappa shape index (κ2) is 4.79. The number of aromatic nitrogens is 2. The summed E-state index contributed by atoms with van der Waals surface area (Å²) in [5, 5.41) is 2.46. The number of anilines is 1. The molecule has 0 saturated heterocycles.